The largest absolute Gasteiger partial charge is 0.493 e. The number of nitrogens with zero attached hydrogens (tertiary/aromatic N) is 4. The van der Waals surface area contributed by atoms with E-state index in [1.54, 1.807) is 44.7 Å². The number of benzene rings is 1. The lowest BCUT2D eigenvalue weighted by atomic mass is 10.2. The summed E-state index contributed by atoms with van der Waals surface area (Å²) in [5.41, 5.74) is 0.755. The van der Waals surface area contributed by atoms with E-state index in [1.807, 2.05) is 6.07 Å². The van der Waals surface area contributed by atoms with Crippen molar-refractivity contribution in [3.63, 3.8) is 0 Å². The van der Waals surface area contributed by atoms with Crippen LogP contribution in [-0.4, -0.2) is 34.6 Å². The molecule has 0 saturated heterocycles. The van der Waals surface area contributed by atoms with E-state index >= 15 is 0 Å². The summed E-state index contributed by atoms with van der Waals surface area (Å²) in [7, 11) is 3.15. The van der Waals surface area contributed by atoms with Gasteiger partial charge in [-0.05, 0) is 30.3 Å². The van der Waals surface area contributed by atoms with E-state index in [0.717, 1.165) is 5.56 Å². The number of aromatic nitrogens is 4. The monoisotopic (exact) mass is 386 g/mol. The van der Waals surface area contributed by atoms with Crippen molar-refractivity contribution in [3.8, 4) is 34.5 Å². The summed E-state index contributed by atoms with van der Waals surface area (Å²) in [6.45, 7) is 0. The van der Waals surface area contributed by atoms with Crippen molar-refractivity contribution in [1.29, 1.82) is 0 Å². The molecule has 0 bridgehead atoms. The van der Waals surface area contributed by atoms with Crippen LogP contribution in [0.3, 0.4) is 0 Å². The molecule has 0 atom stereocenters. The topological polar surface area (TPSA) is 109 Å². The van der Waals surface area contributed by atoms with Gasteiger partial charge in [0, 0.05) is 5.56 Å². The van der Waals surface area contributed by atoms with Crippen molar-refractivity contribution in [1.82, 2.24) is 20.3 Å². The van der Waals surface area contributed by atoms with Gasteiger partial charge >= 0.3 is 0 Å². The first-order valence-corrected chi connectivity index (χ1v) is 8.80. The van der Waals surface area contributed by atoms with Crippen LogP contribution in [0.25, 0.3) is 23.0 Å². The maximum Gasteiger partial charge on any atom is 0.284 e. The fourth-order valence-electron chi connectivity index (χ4n) is 2.30. The van der Waals surface area contributed by atoms with Crippen LogP contribution in [0.1, 0.15) is 5.89 Å². The molecule has 4 rings (SSSR count). The Labute approximate surface area is 157 Å². The number of hydrogen-bond acceptors (Lipinski definition) is 10. The predicted octanol–water partition coefficient (Wildman–Crippen LogP) is 3.69. The molecule has 0 amide bonds. The number of thioether (sulfide) groups is 1. The quantitative estimate of drug-likeness (QED) is 0.436. The molecule has 0 unspecified atom stereocenters. The summed E-state index contributed by atoms with van der Waals surface area (Å²) in [5, 5.41) is 12.3. The third-order valence-corrected chi connectivity index (χ3v) is 4.37. The highest BCUT2D eigenvalue weighted by molar-refractivity contribution is 7.98. The minimum atomic E-state index is 0.319. The van der Waals surface area contributed by atoms with E-state index in [0.29, 0.717) is 45.8 Å². The Morgan fingerprint density at radius 3 is 2.74 bits per heavy atom. The zero-order valence-electron chi connectivity index (χ0n) is 14.4. The highest BCUT2D eigenvalue weighted by Gasteiger charge is 2.15. The Morgan fingerprint density at radius 2 is 1.96 bits per heavy atom. The van der Waals surface area contributed by atoms with Crippen LogP contribution in [-0.2, 0) is 5.75 Å². The fraction of sp³-hybridized carbons (Fsp3) is 0.176. The van der Waals surface area contributed by atoms with Crippen molar-refractivity contribution in [2.24, 2.45) is 0 Å². The molecule has 0 aliphatic heterocycles. The predicted molar refractivity (Wildman–Crippen MR) is 94.4 cm³/mol. The first kappa shape index (κ1) is 17.2. The van der Waals surface area contributed by atoms with Gasteiger partial charge in [-0.3, -0.25) is 0 Å². The van der Waals surface area contributed by atoms with Gasteiger partial charge in [-0.25, -0.2) is 0 Å². The summed E-state index contributed by atoms with van der Waals surface area (Å²) in [6, 6.07) is 8.90. The minimum absolute atomic E-state index is 0.319. The SMILES string of the molecule is COc1ccc(-c2noc(CSc3nnc(-c4ccco4)o3)n2)cc1OC. The molecule has 0 aliphatic carbocycles. The van der Waals surface area contributed by atoms with Crippen molar-refractivity contribution in [2.75, 3.05) is 14.2 Å². The molecule has 138 valence electrons. The lowest BCUT2D eigenvalue weighted by Gasteiger charge is -2.07. The summed E-state index contributed by atoms with van der Waals surface area (Å²) in [5.74, 6) is 3.33. The molecule has 0 saturated carbocycles. The van der Waals surface area contributed by atoms with Crippen LogP contribution >= 0.6 is 11.8 Å². The molecule has 27 heavy (non-hydrogen) atoms. The highest BCUT2D eigenvalue weighted by atomic mass is 32.2. The van der Waals surface area contributed by atoms with Gasteiger partial charge < -0.3 is 22.8 Å². The van der Waals surface area contributed by atoms with Gasteiger partial charge in [0.15, 0.2) is 17.3 Å². The Balaban J connectivity index is 1.44. The van der Waals surface area contributed by atoms with Gasteiger partial charge in [-0.1, -0.05) is 16.9 Å². The Hall–Kier alpha value is -3.27. The average Bonchev–Trinajstić information content (AvgIpc) is 3.46. The summed E-state index contributed by atoms with van der Waals surface area (Å²) < 4.78 is 26.5. The number of furan rings is 1. The van der Waals surface area contributed by atoms with E-state index in [9.17, 15) is 0 Å². The van der Waals surface area contributed by atoms with E-state index in [4.69, 9.17) is 22.8 Å². The second-order valence-corrected chi connectivity index (χ2v) is 6.15. The zero-order chi connectivity index (χ0) is 18.6. The molecule has 0 spiro atoms. The van der Waals surface area contributed by atoms with Gasteiger partial charge in [0.05, 0.1) is 26.2 Å². The lowest BCUT2D eigenvalue weighted by Crippen LogP contribution is -1.91. The van der Waals surface area contributed by atoms with E-state index < -0.39 is 0 Å². The molecule has 9 nitrogen and oxygen atoms in total. The maximum atomic E-state index is 5.52. The molecule has 0 aliphatic rings. The molecule has 0 N–H and O–H groups in total. The standard InChI is InChI=1S/C17H14N4O5S/c1-22-11-6-5-10(8-13(11)23-2)15-18-14(26-21-15)9-27-17-20-19-16(25-17)12-4-3-7-24-12/h3-8H,9H2,1-2H3. The summed E-state index contributed by atoms with van der Waals surface area (Å²) in [6.07, 6.45) is 1.54. The van der Waals surface area contributed by atoms with Crippen LogP contribution in [0.2, 0.25) is 0 Å². The third-order valence-electron chi connectivity index (χ3n) is 3.57. The maximum absolute atomic E-state index is 5.52. The van der Waals surface area contributed by atoms with Crippen LogP contribution in [0.5, 0.6) is 11.5 Å². The summed E-state index contributed by atoms with van der Waals surface area (Å²) in [4.78, 5) is 4.38. The Bertz CT molecular complexity index is 1030. The van der Waals surface area contributed by atoms with Crippen molar-refractivity contribution in [3.05, 3.63) is 42.5 Å². The van der Waals surface area contributed by atoms with Gasteiger partial charge in [0.1, 0.15) is 0 Å². The summed E-state index contributed by atoms with van der Waals surface area (Å²) >= 11 is 1.29. The van der Waals surface area contributed by atoms with Crippen LogP contribution in [0.4, 0.5) is 0 Å². The minimum Gasteiger partial charge on any atom is -0.493 e. The van der Waals surface area contributed by atoms with Gasteiger partial charge in [-0.2, -0.15) is 4.98 Å². The fourth-order valence-corrected chi connectivity index (χ4v) is 2.90. The lowest BCUT2D eigenvalue weighted by molar-refractivity contribution is 0.355. The number of ether oxygens (including phenoxy) is 2. The molecule has 0 radical (unpaired) electrons. The Kier molecular flexibility index (Phi) is 4.79. The van der Waals surface area contributed by atoms with Crippen LogP contribution in [0, 0.1) is 0 Å². The van der Waals surface area contributed by atoms with Crippen LogP contribution in [0.15, 0.2) is 55.2 Å². The molecule has 4 aromatic rings. The number of methoxy groups -OCH3 is 2. The number of hydrogen-bond donors (Lipinski definition) is 0. The molecule has 1 aromatic carbocycles. The van der Waals surface area contributed by atoms with Gasteiger partial charge in [0.25, 0.3) is 11.1 Å². The normalized spacial score (nSPS) is 10.9. The first-order valence-electron chi connectivity index (χ1n) is 7.82. The molecule has 10 heteroatoms. The third kappa shape index (κ3) is 3.65. The number of rotatable bonds is 7. The van der Waals surface area contributed by atoms with Crippen LogP contribution < -0.4 is 9.47 Å². The first-order chi connectivity index (χ1) is 13.3. The zero-order valence-corrected chi connectivity index (χ0v) is 15.2. The van der Waals surface area contributed by atoms with E-state index in [1.165, 1.54) is 11.8 Å². The second kappa shape index (κ2) is 7.54. The average molecular weight is 386 g/mol. The smallest absolute Gasteiger partial charge is 0.284 e. The molecule has 3 aromatic heterocycles. The van der Waals surface area contributed by atoms with Crippen molar-refractivity contribution < 1.29 is 22.8 Å². The highest BCUT2D eigenvalue weighted by Crippen LogP contribution is 2.32. The molecular weight excluding hydrogens is 372 g/mol. The second-order valence-electron chi connectivity index (χ2n) is 5.22. The molecular formula is C17H14N4O5S. The van der Waals surface area contributed by atoms with Gasteiger partial charge in [-0.15, -0.1) is 10.2 Å². The van der Waals surface area contributed by atoms with Gasteiger partial charge in [0.2, 0.25) is 11.7 Å². The van der Waals surface area contributed by atoms with E-state index in [2.05, 4.69) is 20.3 Å². The van der Waals surface area contributed by atoms with Crippen molar-refractivity contribution >= 4 is 11.8 Å². The van der Waals surface area contributed by atoms with E-state index in [-0.39, 0.29) is 0 Å². The molecule has 3 heterocycles. The Morgan fingerprint density at radius 1 is 1.07 bits per heavy atom. The van der Waals surface area contributed by atoms with Crippen molar-refractivity contribution in [2.45, 2.75) is 11.0 Å². The molecule has 0 fully saturated rings.